The second-order valence-electron chi connectivity index (χ2n) is 6.94. The SMILES string of the molecule is COc1cccc(NC(=O)NC[C@@H]2C[C@@H](Cc3ccc(F)cc3)CCN2)c1. The Bertz CT molecular complexity index is 751. The van der Waals surface area contributed by atoms with Crippen LogP contribution in [0.4, 0.5) is 14.9 Å². The lowest BCUT2D eigenvalue weighted by molar-refractivity contribution is 0.246. The predicted molar refractivity (Wildman–Crippen MR) is 105 cm³/mol. The van der Waals surface area contributed by atoms with Crippen molar-refractivity contribution in [2.75, 3.05) is 25.5 Å². The minimum atomic E-state index is -0.231. The molecule has 2 amide bonds. The van der Waals surface area contributed by atoms with E-state index in [0.29, 0.717) is 23.9 Å². The number of nitrogens with one attached hydrogen (secondary N) is 3. The molecular weight excluding hydrogens is 345 g/mol. The molecule has 0 unspecified atom stereocenters. The fourth-order valence-corrected chi connectivity index (χ4v) is 3.48. The van der Waals surface area contributed by atoms with Crippen LogP contribution in [0.15, 0.2) is 48.5 Å². The van der Waals surface area contributed by atoms with Crippen molar-refractivity contribution in [3.63, 3.8) is 0 Å². The molecule has 1 heterocycles. The van der Waals surface area contributed by atoms with E-state index < -0.39 is 0 Å². The average molecular weight is 371 g/mol. The van der Waals surface area contributed by atoms with Crippen LogP contribution in [0.25, 0.3) is 0 Å². The van der Waals surface area contributed by atoms with Crippen LogP contribution >= 0.6 is 0 Å². The van der Waals surface area contributed by atoms with E-state index in [1.54, 1.807) is 13.2 Å². The van der Waals surface area contributed by atoms with Crippen molar-refractivity contribution in [2.45, 2.75) is 25.3 Å². The van der Waals surface area contributed by atoms with E-state index in [1.165, 1.54) is 12.1 Å². The lowest BCUT2D eigenvalue weighted by atomic mass is 9.87. The van der Waals surface area contributed by atoms with Crippen LogP contribution in [0.2, 0.25) is 0 Å². The first-order valence-electron chi connectivity index (χ1n) is 9.29. The zero-order valence-electron chi connectivity index (χ0n) is 15.5. The molecule has 1 saturated heterocycles. The summed E-state index contributed by atoms with van der Waals surface area (Å²) < 4.78 is 18.2. The standard InChI is InChI=1S/C21H26FN3O2/c1-27-20-4-2-3-18(13-20)25-21(26)24-14-19-12-16(9-10-23-19)11-15-5-7-17(22)8-6-15/h2-8,13,16,19,23H,9-12,14H2,1H3,(H2,24,25,26)/t16-,19+/m1/s1. The number of amides is 2. The molecule has 0 aliphatic carbocycles. The topological polar surface area (TPSA) is 62.4 Å². The van der Waals surface area contributed by atoms with Crippen LogP contribution in [0.1, 0.15) is 18.4 Å². The highest BCUT2D eigenvalue weighted by Gasteiger charge is 2.22. The molecule has 1 aliphatic heterocycles. The number of ether oxygens (including phenoxy) is 1. The van der Waals surface area contributed by atoms with Crippen molar-refractivity contribution in [1.82, 2.24) is 10.6 Å². The number of anilines is 1. The lowest BCUT2D eigenvalue weighted by Crippen LogP contribution is -2.47. The normalized spacial score (nSPS) is 19.3. The van der Waals surface area contributed by atoms with Gasteiger partial charge in [0.15, 0.2) is 0 Å². The summed E-state index contributed by atoms with van der Waals surface area (Å²) in [5.41, 5.74) is 1.85. The first kappa shape index (κ1) is 19.2. The van der Waals surface area contributed by atoms with Gasteiger partial charge in [0.25, 0.3) is 0 Å². The molecule has 3 N–H and O–H groups in total. The second kappa shape index (κ2) is 9.37. The molecule has 0 aromatic heterocycles. The van der Waals surface area contributed by atoms with E-state index in [1.807, 2.05) is 30.3 Å². The van der Waals surface area contributed by atoms with Crippen LogP contribution in [0.3, 0.4) is 0 Å². The summed E-state index contributed by atoms with van der Waals surface area (Å²) in [6, 6.07) is 14.0. The lowest BCUT2D eigenvalue weighted by Gasteiger charge is -2.30. The van der Waals surface area contributed by atoms with Gasteiger partial charge in [-0.2, -0.15) is 0 Å². The monoisotopic (exact) mass is 371 g/mol. The van der Waals surface area contributed by atoms with Crippen LogP contribution in [0.5, 0.6) is 5.75 Å². The zero-order valence-corrected chi connectivity index (χ0v) is 15.5. The number of hydrogen-bond acceptors (Lipinski definition) is 3. The van der Waals surface area contributed by atoms with Crippen molar-refractivity contribution >= 4 is 11.7 Å². The van der Waals surface area contributed by atoms with Gasteiger partial charge in [-0.05, 0) is 61.6 Å². The molecule has 6 heteroatoms. The summed E-state index contributed by atoms with van der Waals surface area (Å²) in [6.07, 6.45) is 3.01. The summed E-state index contributed by atoms with van der Waals surface area (Å²) in [6.45, 7) is 1.49. The van der Waals surface area contributed by atoms with Gasteiger partial charge in [0.1, 0.15) is 11.6 Å². The van der Waals surface area contributed by atoms with Gasteiger partial charge in [0.05, 0.1) is 7.11 Å². The van der Waals surface area contributed by atoms with E-state index in [9.17, 15) is 9.18 Å². The van der Waals surface area contributed by atoms with Crippen LogP contribution in [0, 0.1) is 11.7 Å². The second-order valence-corrected chi connectivity index (χ2v) is 6.94. The molecule has 2 aromatic rings. The molecule has 144 valence electrons. The number of piperidine rings is 1. The molecule has 0 bridgehead atoms. The fourth-order valence-electron chi connectivity index (χ4n) is 3.48. The number of carbonyl (C=O) groups is 1. The number of hydrogen-bond donors (Lipinski definition) is 3. The highest BCUT2D eigenvalue weighted by molar-refractivity contribution is 5.89. The van der Waals surface area contributed by atoms with Crippen molar-refractivity contribution < 1.29 is 13.9 Å². The summed E-state index contributed by atoms with van der Waals surface area (Å²) >= 11 is 0. The Morgan fingerprint density at radius 1 is 1.26 bits per heavy atom. The Morgan fingerprint density at radius 2 is 2.07 bits per heavy atom. The van der Waals surface area contributed by atoms with Gasteiger partial charge in [0, 0.05) is 24.3 Å². The summed E-state index contributed by atoms with van der Waals surface area (Å²) in [7, 11) is 1.59. The number of urea groups is 1. The van der Waals surface area contributed by atoms with Crippen molar-refractivity contribution in [3.8, 4) is 5.75 Å². The van der Waals surface area contributed by atoms with E-state index in [-0.39, 0.29) is 17.9 Å². The molecule has 3 rings (SSSR count). The van der Waals surface area contributed by atoms with E-state index in [2.05, 4.69) is 16.0 Å². The number of halogens is 1. The van der Waals surface area contributed by atoms with Gasteiger partial charge in [-0.15, -0.1) is 0 Å². The highest BCUT2D eigenvalue weighted by Crippen LogP contribution is 2.21. The van der Waals surface area contributed by atoms with Gasteiger partial charge in [0.2, 0.25) is 0 Å². The maximum absolute atomic E-state index is 13.0. The maximum Gasteiger partial charge on any atom is 0.319 e. The Morgan fingerprint density at radius 3 is 2.85 bits per heavy atom. The molecule has 2 atom stereocenters. The summed E-state index contributed by atoms with van der Waals surface area (Å²) in [5.74, 6) is 1.03. The Hall–Kier alpha value is -2.60. The van der Waals surface area contributed by atoms with Crippen LogP contribution < -0.4 is 20.7 Å². The van der Waals surface area contributed by atoms with E-state index in [0.717, 1.165) is 31.4 Å². The quantitative estimate of drug-likeness (QED) is 0.727. The van der Waals surface area contributed by atoms with Gasteiger partial charge >= 0.3 is 6.03 Å². The Kier molecular flexibility index (Phi) is 6.65. The molecule has 2 aromatic carbocycles. The third kappa shape index (κ3) is 5.96. The first-order valence-corrected chi connectivity index (χ1v) is 9.29. The highest BCUT2D eigenvalue weighted by atomic mass is 19.1. The third-order valence-electron chi connectivity index (χ3n) is 4.88. The van der Waals surface area contributed by atoms with Gasteiger partial charge in [-0.3, -0.25) is 0 Å². The van der Waals surface area contributed by atoms with Crippen molar-refractivity contribution in [3.05, 3.63) is 59.9 Å². The third-order valence-corrected chi connectivity index (χ3v) is 4.88. The Labute approximate surface area is 159 Å². The number of benzene rings is 2. The molecule has 0 saturated carbocycles. The minimum absolute atomic E-state index is 0.201. The summed E-state index contributed by atoms with van der Waals surface area (Å²) in [4.78, 5) is 12.1. The molecule has 1 fully saturated rings. The smallest absolute Gasteiger partial charge is 0.319 e. The molecule has 27 heavy (non-hydrogen) atoms. The van der Waals surface area contributed by atoms with Crippen LogP contribution in [-0.2, 0) is 6.42 Å². The molecule has 0 radical (unpaired) electrons. The minimum Gasteiger partial charge on any atom is -0.497 e. The predicted octanol–water partition coefficient (Wildman–Crippen LogP) is 3.57. The van der Waals surface area contributed by atoms with Crippen molar-refractivity contribution in [2.24, 2.45) is 5.92 Å². The van der Waals surface area contributed by atoms with Crippen molar-refractivity contribution in [1.29, 1.82) is 0 Å². The first-order chi connectivity index (χ1) is 13.1. The average Bonchev–Trinajstić information content (AvgIpc) is 2.69. The van der Waals surface area contributed by atoms with E-state index in [4.69, 9.17) is 4.74 Å². The zero-order chi connectivity index (χ0) is 19.1. The molecular formula is C21H26FN3O2. The fraction of sp³-hybridized carbons (Fsp3) is 0.381. The van der Waals surface area contributed by atoms with Gasteiger partial charge in [-0.25, -0.2) is 9.18 Å². The Balaban J connectivity index is 1.44. The van der Waals surface area contributed by atoms with Gasteiger partial charge in [-0.1, -0.05) is 18.2 Å². The van der Waals surface area contributed by atoms with E-state index >= 15 is 0 Å². The largest absolute Gasteiger partial charge is 0.497 e. The summed E-state index contributed by atoms with van der Waals surface area (Å²) in [5, 5.41) is 9.21. The van der Waals surface area contributed by atoms with Gasteiger partial charge < -0.3 is 20.7 Å². The molecule has 5 nitrogen and oxygen atoms in total. The number of carbonyl (C=O) groups excluding carboxylic acids is 1. The maximum atomic E-state index is 13.0. The van der Waals surface area contributed by atoms with Crippen LogP contribution in [-0.4, -0.2) is 32.3 Å². The molecule has 0 spiro atoms. The number of methoxy groups -OCH3 is 1. The molecule has 1 aliphatic rings. The number of rotatable bonds is 6.